The molecule has 7 heteroatoms. The first-order valence-corrected chi connectivity index (χ1v) is 7.05. The van der Waals surface area contributed by atoms with E-state index in [2.05, 4.69) is 5.32 Å². The molecule has 0 aliphatic heterocycles. The Morgan fingerprint density at radius 1 is 1.50 bits per heavy atom. The number of nitro groups is 1. The van der Waals surface area contributed by atoms with Gasteiger partial charge in [0.15, 0.2) is 0 Å². The minimum atomic E-state index is -0.705. The van der Waals surface area contributed by atoms with Crippen LogP contribution in [0.3, 0.4) is 0 Å². The van der Waals surface area contributed by atoms with E-state index in [1.54, 1.807) is 0 Å². The Balaban J connectivity index is 1.96. The van der Waals surface area contributed by atoms with Crippen molar-refractivity contribution < 1.29 is 19.2 Å². The molecule has 0 bridgehead atoms. The average Bonchev–Trinajstić information content (AvgIpc) is 2.89. The summed E-state index contributed by atoms with van der Waals surface area (Å²) in [6, 6.07) is 3.16. The number of carbonyl (C=O) groups is 1. The summed E-state index contributed by atoms with van der Waals surface area (Å²) >= 11 is 0. The van der Waals surface area contributed by atoms with Gasteiger partial charge in [-0.25, -0.2) is 4.39 Å². The minimum absolute atomic E-state index is 0.0532. The largest absolute Gasteiger partial charge is 0.393 e. The van der Waals surface area contributed by atoms with Gasteiger partial charge in [-0.2, -0.15) is 0 Å². The highest BCUT2D eigenvalue weighted by Crippen LogP contribution is 2.24. The molecule has 0 radical (unpaired) electrons. The number of nitrogens with one attached hydrogen (secondary N) is 1. The number of carbonyl (C=O) groups excluding carboxylic acids is 1. The van der Waals surface area contributed by atoms with Crippen LogP contribution in [0.15, 0.2) is 24.3 Å². The third kappa shape index (κ3) is 4.11. The molecule has 0 saturated heterocycles. The molecule has 1 fully saturated rings. The lowest BCUT2D eigenvalue weighted by Crippen LogP contribution is -2.31. The fourth-order valence-corrected chi connectivity index (χ4v) is 2.53. The summed E-state index contributed by atoms with van der Waals surface area (Å²) in [4.78, 5) is 21.8. The number of aliphatic hydroxyl groups is 1. The normalized spacial score (nSPS) is 21.2. The third-order valence-electron chi connectivity index (χ3n) is 3.76. The Kier molecular flexibility index (Phi) is 5.21. The number of nitro benzene ring substituents is 1. The Hall–Kier alpha value is -2.28. The first-order chi connectivity index (χ1) is 10.5. The first kappa shape index (κ1) is 16.1. The molecular formula is C15H17FN2O4. The van der Waals surface area contributed by atoms with Gasteiger partial charge >= 0.3 is 0 Å². The number of hydrogen-bond donors (Lipinski definition) is 2. The van der Waals surface area contributed by atoms with Crippen LogP contribution in [0.5, 0.6) is 0 Å². The van der Waals surface area contributed by atoms with Gasteiger partial charge in [0.05, 0.1) is 22.7 Å². The van der Waals surface area contributed by atoms with Crippen molar-refractivity contribution in [2.45, 2.75) is 25.4 Å². The summed E-state index contributed by atoms with van der Waals surface area (Å²) in [6.07, 6.45) is 4.62. The molecule has 1 aromatic carbocycles. The van der Waals surface area contributed by atoms with Crippen molar-refractivity contribution >= 4 is 17.7 Å². The summed E-state index contributed by atoms with van der Waals surface area (Å²) in [7, 11) is 0. The summed E-state index contributed by atoms with van der Waals surface area (Å²) in [5.41, 5.74) is -0.238. The number of benzene rings is 1. The van der Waals surface area contributed by atoms with Crippen LogP contribution in [0, 0.1) is 21.8 Å². The summed E-state index contributed by atoms with van der Waals surface area (Å²) < 4.78 is 13.0. The fourth-order valence-electron chi connectivity index (χ4n) is 2.53. The lowest BCUT2D eigenvalue weighted by atomic mass is 10.1. The predicted molar refractivity (Wildman–Crippen MR) is 78.4 cm³/mol. The van der Waals surface area contributed by atoms with E-state index in [1.807, 2.05) is 0 Å². The number of aliphatic hydroxyl groups excluding tert-OH is 1. The zero-order chi connectivity index (χ0) is 16.1. The van der Waals surface area contributed by atoms with E-state index in [0.717, 1.165) is 31.4 Å². The molecule has 118 valence electrons. The van der Waals surface area contributed by atoms with Crippen molar-refractivity contribution in [2.75, 3.05) is 6.54 Å². The molecule has 2 unspecified atom stereocenters. The molecule has 1 amide bonds. The molecule has 2 atom stereocenters. The standard InChI is InChI=1S/C15H17FN2O4/c16-12-6-4-10(13(8-12)18(21)22)5-7-15(20)17-9-11-2-1-3-14(11)19/h4-8,11,14,19H,1-3,9H2,(H,17,20). The zero-order valence-corrected chi connectivity index (χ0v) is 11.9. The zero-order valence-electron chi connectivity index (χ0n) is 11.9. The van der Waals surface area contributed by atoms with Gasteiger partial charge in [0.25, 0.3) is 5.69 Å². The highest BCUT2D eigenvalue weighted by molar-refractivity contribution is 5.92. The monoisotopic (exact) mass is 308 g/mol. The van der Waals surface area contributed by atoms with Crippen LogP contribution in [0.2, 0.25) is 0 Å². The van der Waals surface area contributed by atoms with E-state index in [0.29, 0.717) is 6.54 Å². The Morgan fingerprint density at radius 2 is 2.27 bits per heavy atom. The van der Waals surface area contributed by atoms with Crippen molar-refractivity contribution in [3.8, 4) is 0 Å². The van der Waals surface area contributed by atoms with Crippen LogP contribution < -0.4 is 5.32 Å². The van der Waals surface area contributed by atoms with Crippen molar-refractivity contribution in [3.05, 3.63) is 45.8 Å². The maximum atomic E-state index is 13.0. The van der Waals surface area contributed by atoms with Crippen molar-refractivity contribution in [1.29, 1.82) is 0 Å². The molecule has 0 aromatic heterocycles. The Bertz CT molecular complexity index is 603. The van der Waals surface area contributed by atoms with Gasteiger partial charge in [0, 0.05) is 18.5 Å². The van der Waals surface area contributed by atoms with E-state index in [4.69, 9.17) is 0 Å². The number of halogens is 1. The molecule has 1 saturated carbocycles. The molecule has 6 nitrogen and oxygen atoms in total. The van der Waals surface area contributed by atoms with Crippen molar-refractivity contribution in [2.24, 2.45) is 5.92 Å². The molecule has 1 aliphatic carbocycles. The summed E-state index contributed by atoms with van der Waals surface area (Å²) in [5.74, 6) is -1.06. The fraction of sp³-hybridized carbons (Fsp3) is 0.400. The molecule has 0 spiro atoms. The predicted octanol–water partition coefficient (Wildman–Crippen LogP) is 2.02. The van der Waals surface area contributed by atoms with Gasteiger partial charge in [-0.3, -0.25) is 14.9 Å². The molecule has 1 aliphatic rings. The highest BCUT2D eigenvalue weighted by Gasteiger charge is 2.25. The van der Waals surface area contributed by atoms with Crippen LogP contribution in [0.1, 0.15) is 24.8 Å². The van der Waals surface area contributed by atoms with E-state index >= 15 is 0 Å². The maximum Gasteiger partial charge on any atom is 0.279 e. The molecule has 1 aromatic rings. The summed E-state index contributed by atoms with van der Waals surface area (Å²) in [5, 5.41) is 23.1. The topological polar surface area (TPSA) is 92.5 Å². The molecule has 0 heterocycles. The minimum Gasteiger partial charge on any atom is -0.393 e. The summed E-state index contributed by atoms with van der Waals surface area (Å²) in [6.45, 7) is 0.371. The third-order valence-corrected chi connectivity index (χ3v) is 3.76. The van der Waals surface area contributed by atoms with E-state index in [9.17, 15) is 24.4 Å². The van der Waals surface area contributed by atoms with Gasteiger partial charge in [0.2, 0.25) is 5.91 Å². The van der Waals surface area contributed by atoms with Crippen LogP contribution >= 0.6 is 0 Å². The highest BCUT2D eigenvalue weighted by atomic mass is 19.1. The second kappa shape index (κ2) is 7.13. The Labute approximate surface area is 126 Å². The second-order valence-electron chi connectivity index (χ2n) is 5.30. The lowest BCUT2D eigenvalue weighted by Gasteiger charge is -2.13. The van der Waals surface area contributed by atoms with Crippen molar-refractivity contribution in [1.82, 2.24) is 5.32 Å². The average molecular weight is 308 g/mol. The van der Waals surface area contributed by atoms with E-state index in [1.165, 1.54) is 18.2 Å². The van der Waals surface area contributed by atoms with Gasteiger partial charge in [0.1, 0.15) is 5.82 Å². The second-order valence-corrected chi connectivity index (χ2v) is 5.30. The SMILES string of the molecule is O=C(C=Cc1ccc(F)cc1[N+](=O)[O-])NCC1CCCC1O. The lowest BCUT2D eigenvalue weighted by molar-refractivity contribution is -0.385. The van der Waals surface area contributed by atoms with Gasteiger partial charge in [-0.1, -0.05) is 6.42 Å². The van der Waals surface area contributed by atoms with E-state index in [-0.39, 0.29) is 17.6 Å². The van der Waals surface area contributed by atoms with Gasteiger partial charge in [-0.15, -0.1) is 0 Å². The molecule has 2 rings (SSSR count). The first-order valence-electron chi connectivity index (χ1n) is 7.05. The quantitative estimate of drug-likeness (QED) is 0.494. The van der Waals surface area contributed by atoms with E-state index < -0.39 is 22.3 Å². The molecule has 2 N–H and O–H groups in total. The smallest absolute Gasteiger partial charge is 0.279 e. The Morgan fingerprint density at radius 3 is 2.91 bits per heavy atom. The number of nitrogens with zero attached hydrogens (tertiary/aromatic N) is 1. The van der Waals surface area contributed by atoms with Crippen LogP contribution in [-0.4, -0.2) is 28.6 Å². The van der Waals surface area contributed by atoms with Crippen LogP contribution in [0.4, 0.5) is 10.1 Å². The number of hydrogen-bond acceptors (Lipinski definition) is 4. The van der Waals surface area contributed by atoms with Gasteiger partial charge < -0.3 is 10.4 Å². The van der Waals surface area contributed by atoms with Crippen molar-refractivity contribution in [3.63, 3.8) is 0 Å². The van der Waals surface area contributed by atoms with Gasteiger partial charge in [-0.05, 0) is 31.1 Å². The van der Waals surface area contributed by atoms with Crippen LogP contribution in [-0.2, 0) is 4.79 Å². The molecular weight excluding hydrogens is 291 g/mol. The number of rotatable bonds is 5. The maximum absolute atomic E-state index is 13.0. The molecule has 22 heavy (non-hydrogen) atoms. The van der Waals surface area contributed by atoms with Crippen LogP contribution in [0.25, 0.3) is 6.08 Å². The number of amides is 1.